The van der Waals surface area contributed by atoms with E-state index >= 15 is 0 Å². The van der Waals surface area contributed by atoms with Crippen LogP contribution in [0.5, 0.6) is 5.75 Å². The first kappa shape index (κ1) is 13.4. The van der Waals surface area contributed by atoms with Crippen molar-refractivity contribution in [3.63, 3.8) is 0 Å². The molecule has 0 spiro atoms. The Bertz CT molecular complexity index is 523. The van der Waals surface area contributed by atoms with Crippen molar-refractivity contribution in [1.82, 2.24) is 4.98 Å². The molecular weight excluding hydrogens is 236 g/mol. The highest BCUT2D eigenvalue weighted by Gasteiger charge is 2.03. The third-order valence-electron chi connectivity index (χ3n) is 3.31. The van der Waals surface area contributed by atoms with Crippen LogP contribution in [-0.2, 0) is 6.61 Å². The lowest BCUT2D eigenvalue weighted by molar-refractivity contribution is 0.306. The summed E-state index contributed by atoms with van der Waals surface area (Å²) in [5.41, 5.74) is 8.01. The predicted molar refractivity (Wildman–Crippen MR) is 78.1 cm³/mol. The zero-order valence-electron chi connectivity index (χ0n) is 11.5. The van der Waals surface area contributed by atoms with Gasteiger partial charge >= 0.3 is 0 Å². The number of nitrogens with two attached hydrogens (primary N) is 1. The normalized spacial score (nSPS) is 12.1. The third kappa shape index (κ3) is 3.71. The molecule has 3 nitrogen and oxygen atoms in total. The Kier molecular flexibility index (Phi) is 4.39. The van der Waals surface area contributed by atoms with Gasteiger partial charge in [-0.15, -0.1) is 0 Å². The number of hydrogen-bond donors (Lipinski definition) is 1. The van der Waals surface area contributed by atoms with Gasteiger partial charge in [0.05, 0.1) is 0 Å². The Labute approximate surface area is 114 Å². The maximum Gasteiger partial charge on any atom is 0.123 e. The largest absolute Gasteiger partial charge is 0.489 e. The molecule has 19 heavy (non-hydrogen) atoms. The fourth-order valence-electron chi connectivity index (χ4n) is 1.88. The zero-order chi connectivity index (χ0) is 13.7. The number of pyridine rings is 1. The van der Waals surface area contributed by atoms with Crippen molar-refractivity contribution in [2.45, 2.75) is 32.8 Å². The molecule has 2 aromatic rings. The van der Waals surface area contributed by atoms with Crippen LogP contribution in [0.3, 0.4) is 0 Å². The number of benzene rings is 1. The van der Waals surface area contributed by atoms with Crippen molar-refractivity contribution in [3.8, 4) is 5.75 Å². The molecule has 0 saturated heterocycles. The van der Waals surface area contributed by atoms with Crippen LogP contribution in [0, 0.1) is 0 Å². The van der Waals surface area contributed by atoms with E-state index in [0.29, 0.717) is 18.3 Å². The third-order valence-corrected chi connectivity index (χ3v) is 3.31. The van der Waals surface area contributed by atoms with Gasteiger partial charge in [-0.3, -0.25) is 0 Å². The minimum Gasteiger partial charge on any atom is -0.489 e. The summed E-state index contributed by atoms with van der Waals surface area (Å²) in [5, 5.41) is 0. The highest BCUT2D eigenvalue weighted by molar-refractivity contribution is 5.32. The van der Waals surface area contributed by atoms with Crippen LogP contribution in [0.4, 0.5) is 5.82 Å². The minimum absolute atomic E-state index is 0.509. The van der Waals surface area contributed by atoms with E-state index in [4.69, 9.17) is 10.5 Å². The van der Waals surface area contributed by atoms with Gasteiger partial charge in [0.25, 0.3) is 0 Å². The van der Waals surface area contributed by atoms with Crippen molar-refractivity contribution in [3.05, 3.63) is 53.7 Å². The molecule has 0 amide bonds. The lowest BCUT2D eigenvalue weighted by atomic mass is 9.99. The minimum atomic E-state index is 0.509. The number of aromatic nitrogens is 1. The average Bonchev–Trinajstić information content (AvgIpc) is 2.45. The molecule has 2 rings (SSSR count). The van der Waals surface area contributed by atoms with Crippen LogP contribution in [0.25, 0.3) is 0 Å². The van der Waals surface area contributed by atoms with Crippen LogP contribution < -0.4 is 10.5 Å². The second kappa shape index (κ2) is 6.23. The van der Waals surface area contributed by atoms with E-state index in [9.17, 15) is 0 Å². The monoisotopic (exact) mass is 256 g/mol. The van der Waals surface area contributed by atoms with Crippen molar-refractivity contribution in [1.29, 1.82) is 0 Å². The second-order valence-electron chi connectivity index (χ2n) is 4.76. The molecule has 0 aliphatic rings. The van der Waals surface area contributed by atoms with E-state index in [-0.39, 0.29) is 0 Å². The highest BCUT2D eigenvalue weighted by Crippen LogP contribution is 2.22. The molecule has 0 saturated carbocycles. The fraction of sp³-hybridized carbons (Fsp3) is 0.312. The summed E-state index contributed by atoms with van der Waals surface area (Å²) >= 11 is 0. The van der Waals surface area contributed by atoms with Gasteiger partial charge in [0, 0.05) is 6.20 Å². The van der Waals surface area contributed by atoms with Crippen LogP contribution in [-0.4, -0.2) is 4.98 Å². The maximum absolute atomic E-state index is 5.73. The summed E-state index contributed by atoms with van der Waals surface area (Å²) < 4.78 is 5.73. The average molecular weight is 256 g/mol. The molecule has 100 valence electrons. The smallest absolute Gasteiger partial charge is 0.123 e. The summed E-state index contributed by atoms with van der Waals surface area (Å²) in [6.45, 7) is 4.94. The van der Waals surface area contributed by atoms with Gasteiger partial charge in [-0.25, -0.2) is 4.98 Å². The molecule has 2 N–H and O–H groups in total. The Morgan fingerprint density at radius 3 is 2.58 bits per heavy atom. The van der Waals surface area contributed by atoms with Crippen molar-refractivity contribution in [2.24, 2.45) is 0 Å². The van der Waals surface area contributed by atoms with Gasteiger partial charge in [-0.1, -0.05) is 26.0 Å². The second-order valence-corrected chi connectivity index (χ2v) is 4.76. The van der Waals surface area contributed by atoms with E-state index in [1.807, 2.05) is 24.3 Å². The molecule has 0 radical (unpaired) electrons. The topological polar surface area (TPSA) is 48.1 Å². The molecule has 1 unspecified atom stereocenters. The maximum atomic E-state index is 5.73. The first-order valence-corrected chi connectivity index (χ1v) is 6.62. The van der Waals surface area contributed by atoms with Gasteiger partial charge in [0.2, 0.25) is 0 Å². The molecule has 0 aliphatic carbocycles. The Balaban J connectivity index is 1.96. The highest BCUT2D eigenvalue weighted by atomic mass is 16.5. The van der Waals surface area contributed by atoms with Crippen molar-refractivity contribution >= 4 is 5.82 Å². The zero-order valence-corrected chi connectivity index (χ0v) is 11.5. The molecule has 1 atom stereocenters. The molecule has 0 bridgehead atoms. The van der Waals surface area contributed by atoms with Crippen LogP contribution in [0.15, 0.2) is 42.6 Å². The van der Waals surface area contributed by atoms with Gasteiger partial charge in [-0.2, -0.15) is 0 Å². The van der Waals surface area contributed by atoms with Crippen LogP contribution in [0.1, 0.15) is 37.3 Å². The number of rotatable bonds is 5. The summed E-state index contributed by atoms with van der Waals surface area (Å²) in [6.07, 6.45) is 2.84. The standard InChI is InChI=1S/C16H20N2O/c1-3-12(2)14-4-6-15(7-5-14)19-11-13-8-9-18-16(17)10-13/h4-10,12H,3,11H2,1-2H3,(H2,17,18). The number of ether oxygens (including phenoxy) is 1. The van der Waals surface area contributed by atoms with E-state index < -0.39 is 0 Å². The van der Waals surface area contributed by atoms with Gasteiger partial charge in [0.1, 0.15) is 18.2 Å². The molecule has 1 aromatic carbocycles. The Hall–Kier alpha value is -2.03. The van der Waals surface area contributed by atoms with Crippen molar-refractivity contribution < 1.29 is 4.74 Å². The summed E-state index contributed by atoms with van der Waals surface area (Å²) in [6, 6.07) is 12.0. The quantitative estimate of drug-likeness (QED) is 0.886. The first-order valence-electron chi connectivity index (χ1n) is 6.62. The molecule has 1 heterocycles. The molecule has 1 aromatic heterocycles. The summed E-state index contributed by atoms with van der Waals surface area (Å²) in [4.78, 5) is 3.96. The Morgan fingerprint density at radius 1 is 1.21 bits per heavy atom. The number of nitrogens with zero attached hydrogens (tertiary/aromatic N) is 1. The van der Waals surface area contributed by atoms with Gasteiger partial charge in [0.15, 0.2) is 0 Å². The number of hydrogen-bond acceptors (Lipinski definition) is 3. The molecular formula is C16H20N2O. The van der Waals surface area contributed by atoms with E-state index in [2.05, 4.69) is 31.0 Å². The lowest BCUT2D eigenvalue weighted by Crippen LogP contribution is -1.98. The van der Waals surface area contributed by atoms with E-state index in [0.717, 1.165) is 17.7 Å². The number of nitrogen functional groups attached to an aromatic ring is 1. The SMILES string of the molecule is CCC(C)c1ccc(OCc2ccnc(N)c2)cc1. The van der Waals surface area contributed by atoms with E-state index in [1.54, 1.807) is 6.20 Å². The van der Waals surface area contributed by atoms with Crippen LogP contribution in [0.2, 0.25) is 0 Å². The lowest BCUT2D eigenvalue weighted by Gasteiger charge is -2.11. The summed E-state index contributed by atoms with van der Waals surface area (Å²) in [7, 11) is 0. The summed E-state index contributed by atoms with van der Waals surface area (Å²) in [5.74, 6) is 1.99. The molecule has 3 heteroatoms. The van der Waals surface area contributed by atoms with Crippen LogP contribution >= 0.6 is 0 Å². The predicted octanol–water partition coefficient (Wildman–Crippen LogP) is 3.76. The number of anilines is 1. The Morgan fingerprint density at radius 2 is 1.95 bits per heavy atom. The van der Waals surface area contributed by atoms with Gasteiger partial charge in [-0.05, 0) is 47.7 Å². The molecule has 0 aliphatic heterocycles. The van der Waals surface area contributed by atoms with Crippen molar-refractivity contribution in [2.75, 3.05) is 5.73 Å². The fourth-order valence-corrected chi connectivity index (χ4v) is 1.88. The first-order chi connectivity index (χ1) is 9.19. The molecule has 0 fully saturated rings. The van der Waals surface area contributed by atoms with E-state index in [1.165, 1.54) is 5.56 Å². The van der Waals surface area contributed by atoms with Gasteiger partial charge < -0.3 is 10.5 Å².